The van der Waals surface area contributed by atoms with Crippen LogP contribution >= 0.6 is 0 Å². The van der Waals surface area contributed by atoms with Gasteiger partial charge in [-0.2, -0.15) is 0 Å². The van der Waals surface area contributed by atoms with Crippen LogP contribution in [0.1, 0.15) is 16.7 Å². The Kier molecular flexibility index (Phi) is 9.59. The quantitative estimate of drug-likeness (QED) is 0.402. The topological polar surface area (TPSA) is 71.6 Å². The van der Waals surface area contributed by atoms with Gasteiger partial charge in [0, 0.05) is 39.3 Å². The number of rotatable bonds is 10. The highest BCUT2D eigenvalue weighted by molar-refractivity contribution is 5.78. The zero-order valence-corrected chi connectivity index (χ0v) is 22.0. The molecule has 0 N–H and O–H groups in total. The van der Waals surface area contributed by atoms with Crippen LogP contribution in [0.3, 0.4) is 0 Å². The molecule has 8 nitrogen and oxygen atoms in total. The zero-order chi connectivity index (χ0) is 26.7. The van der Waals surface area contributed by atoms with Crippen LogP contribution in [0, 0.1) is 0 Å². The number of carbonyl (C=O) groups is 2. The van der Waals surface area contributed by atoms with E-state index in [4.69, 9.17) is 14.2 Å². The van der Waals surface area contributed by atoms with Crippen LogP contribution in [0.5, 0.6) is 11.5 Å². The van der Waals surface area contributed by atoms with Gasteiger partial charge >= 0.3 is 6.09 Å². The summed E-state index contributed by atoms with van der Waals surface area (Å²) in [6.45, 7) is 3.80. The van der Waals surface area contributed by atoms with Gasteiger partial charge in [0.1, 0.15) is 18.1 Å². The number of nitrogens with zero attached hydrogens (tertiary/aromatic N) is 3. The van der Waals surface area contributed by atoms with Gasteiger partial charge in [0.2, 0.25) is 5.91 Å². The largest absolute Gasteiger partial charge is 0.497 e. The molecule has 0 unspecified atom stereocenters. The number of benzene rings is 3. The molecule has 1 saturated heterocycles. The summed E-state index contributed by atoms with van der Waals surface area (Å²) >= 11 is 0. The molecule has 0 atom stereocenters. The molecule has 0 spiro atoms. The molecule has 200 valence electrons. The highest BCUT2D eigenvalue weighted by atomic mass is 16.6. The van der Waals surface area contributed by atoms with Gasteiger partial charge in [-0.25, -0.2) is 4.79 Å². The van der Waals surface area contributed by atoms with Gasteiger partial charge in [0.15, 0.2) is 0 Å². The van der Waals surface area contributed by atoms with Gasteiger partial charge in [-0.1, -0.05) is 54.6 Å². The molecule has 2 amide bonds. The van der Waals surface area contributed by atoms with E-state index in [0.717, 1.165) is 28.2 Å². The van der Waals surface area contributed by atoms with Crippen molar-refractivity contribution in [3.8, 4) is 11.5 Å². The number of methoxy groups -OCH3 is 2. The third kappa shape index (κ3) is 7.73. The maximum Gasteiger partial charge on any atom is 0.410 e. The van der Waals surface area contributed by atoms with E-state index in [0.29, 0.717) is 45.8 Å². The first-order chi connectivity index (χ1) is 18.5. The second-order valence-electron chi connectivity index (χ2n) is 9.25. The fourth-order valence-corrected chi connectivity index (χ4v) is 4.33. The van der Waals surface area contributed by atoms with E-state index in [9.17, 15) is 9.59 Å². The van der Waals surface area contributed by atoms with E-state index in [2.05, 4.69) is 4.90 Å². The number of ether oxygens (including phenoxy) is 3. The molecule has 4 rings (SSSR count). The van der Waals surface area contributed by atoms with Crippen LogP contribution in [0.25, 0.3) is 0 Å². The zero-order valence-electron chi connectivity index (χ0n) is 22.0. The lowest BCUT2D eigenvalue weighted by Crippen LogP contribution is -2.51. The molecule has 3 aromatic carbocycles. The van der Waals surface area contributed by atoms with E-state index in [-0.39, 0.29) is 18.6 Å². The van der Waals surface area contributed by atoms with E-state index in [1.54, 1.807) is 19.1 Å². The Balaban J connectivity index is 1.33. The molecular weight excluding hydrogens is 482 g/mol. The SMILES string of the molecule is COc1ccc(CN(Cc2ccc(OC)cc2)C(=O)CN2CCN(C(=O)OCc3ccccc3)CC2)cc1. The average molecular weight is 518 g/mol. The molecule has 0 radical (unpaired) electrons. The molecule has 8 heteroatoms. The third-order valence-corrected chi connectivity index (χ3v) is 6.61. The Labute approximate surface area is 224 Å². The minimum absolute atomic E-state index is 0.0386. The second-order valence-corrected chi connectivity index (χ2v) is 9.25. The molecule has 1 heterocycles. The standard InChI is InChI=1S/C30H35N3O5/c1-36-27-12-8-24(9-13-27)20-33(21-25-10-14-28(37-2)15-11-25)29(34)22-31-16-18-32(19-17-31)30(35)38-23-26-6-4-3-5-7-26/h3-15H,16-23H2,1-2H3. The molecule has 38 heavy (non-hydrogen) atoms. The van der Waals surface area contributed by atoms with E-state index < -0.39 is 0 Å². The lowest BCUT2D eigenvalue weighted by Gasteiger charge is -2.35. The lowest BCUT2D eigenvalue weighted by molar-refractivity contribution is -0.134. The molecule has 1 fully saturated rings. The Morgan fingerprint density at radius 2 is 1.24 bits per heavy atom. The van der Waals surface area contributed by atoms with Crippen molar-refractivity contribution in [1.82, 2.24) is 14.7 Å². The molecule has 0 aromatic heterocycles. The Morgan fingerprint density at radius 1 is 0.711 bits per heavy atom. The fraction of sp³-hybridized carbons (Fsp3) is 0.333. The summed E-state index contributed by atoms with van der Waals surface area (Å²) in [4.78, 5) is 31.6. The maximum atomic E-state index is 13.5. The summed E-state index contributed by atoms with van der Waals surface area (Å²) in [6.07, 6.45) is -0.319. The second kappa shape index (κ2) is 13.5. The Morgan fingerprint density at radius 3 is 1.74 bits per heavy atom. The molecule has 3 aromatic rings. The van der Waals surface area contributed by atoms with Crippen LogP contribution in [0.2, 0.25) is 0 Å². The summed E-state index contributed by atoms with van der Waals surface area (Å²) in [6, 6.07) is 25.2. The van der Waals surface area contributed by atoms with Gasteiger partial charge < -0.3 is 24.0 Å². The van der Waals surface area contributed by atoms with Crippen molar-refractivity contribution in [3.05, 3.63) is 95.6 Å². The number of hydrogen-bond donors (Lipinski definition) is 0. The summed E-state index contributed by atoms with van der Waals surface area (Å²) in [5.74, 6) is 1.60. The van der Waals surface area contributed by atoms with Crippen molar-refractivity contribution in [2.45, 2.75) is 19.7 Å². The summed E-state index contributed by atoms with van der Waals surface area (Å²) in [7, 11) is 3.27. The average Bonchev–Trinajstić information content (AvgIpc) is 2.97. The summed E-state index contributed by atoms with van der Waals surface area (Å²) in [5.41, 5.74) is 3.01. The summed E-state index contributed by atoms with van der Waals surface area (Å²) in [5, 5.41) is 0. The van der Waals surface area contributed by atoms with Gasteiger partial charge in [0.05, 0.1) is 20.8 Å². The Bertz CT molecular complexity index is 1110. The fourth-order valence-electron chi connectivity index (χ4n) is 4.33. The van der Waals surface area contributed by atoms with Crippen molar-refractivity contribution < 1.29 is 23.8 Å². The molecular formula is C30H35N3O5. The van der Waals surface area contributed by atoms with Crippen molar-refractivity contribution in [2.75, 3.05) is 46.9 Å². The number of piperazine rings is 1. The Hall–Kier alpha value is -4.04. The van der Waals surface area contributed by atoms with Gasteiger partial charge in [0.25, 0.3) is 0 Å². The smallest absolute Gasteiger partial charge is 0.410 e. The predicted molar refractivity (Wildman–Crippen MR) is 145 cm³/mol. The molecule has 1 aliphatic rings. The first-order valence-corrected chi connectivity index (χ1v) is 12.8. The van der Waals surface area contributed by atoms with Crippen LogP contribution in [-0.2, 0) is 29.2 Å². The van der Waals surface area contributed by atoms with Crippen molar-refractivity contribution in [3.63, 3.8) is 0 Å². The predicted octanol–water partition coefficient (Wildman–Crippen LogP) is 4.19. The minimum Gasteiger partial charge on any atom is -0.497 e. The maximum absolute atomic E-state index is 13.5. The van der Waals surface area contributed by atoms with E-state index in [1.807, 2.05) is 83.8 Å². The van der Waals surface area contributed by atoms with Gasteiger partial charge in [-0.15, -0.1) is 0 Å². The molecule has 0 bridgehead atoms. The van der Waals surface area contributed by atoms with E-state index >= 15 is 0 Å². The highest BCUT2D eigenvalue weighted by Crippen LogP contribution is 2.18. The van der Waals surface area contributed by atoms with Crippen LogP contribution in [0.4, 0.5) is 4.79 Å². The number of amides is 2. The van der Waals surface area contributed by atoms with E-state index in [1.165, 1.54) is 0 Å². The van der Waals surface area contributed by atoms with Crippen molar-refractivity contribution in [1.29, 1.82) is 0 Å². The monoisotopic (exact) mass is 517 g/mol. The molecule has 0 aliphatic carbocycles. The first kappa shape index (κ1) is 27.0. The van der Waals surface area contributed by atoms with Crippen LogP contribution < -0.4 is 9.47 Å². The van der Waals surface area contributed by atoms with Crippen LogP contribution in [-0.4, -0.2) is 73.6 Å². The summed E-state index contributed by atoms with van der Waals surface area (Å²) < 4.78 is 16.0. The first-order valence-electron chi connectivity index (χ1n) is 12.8. The van der Waals surface area contributed by atoms with Gasteiger partial charge in [-0.05, 0) is 41.0 Å². The van der Waals surface area contributed by atoms with Crippen LogP contribution in [0.15, 0.2) is 78.9 Å². The van der Waals surface area contributed by atoms with Crippen molar-refractivity contribution in [2.24, 2.45) is 0 Å². The third-order valence-electron chi connectivity index (χ3n) is 6.61. The number of carbonyl (C=O) groups excluding carboxylic acids is 2. The highest BCUT2D eigenvalue weighted by Gasteiger charge is 2.25. The molecule has 1 aliphatic heterocycles. The lowest BCUT2D eigenvalue weighted by atomic mass is 10.1. The normalized spacial score (nSPS) is 13.6. The van der Waals surface area contributed by atoms with Gasteiger partial charge in [-0.3, -0.25) is 9.69 Å². The minimum atomic E-state index is -0.319. The number of hydrogen-bond acceptors (Lipinski definition) is 6. The molecule has 0 saturated carbocycles. The van der Waals surface area contributed by atoms with Crippen molar-refractivity contribution >= 4 is 12.0 Å².